The van der Waals surface area contributed by atoms with E-state index < -0.39 is 17.6 Å². The number of aromatic nitrogens is 4. The van der Waals surface area contributed by atoms with E-state index in [0.29, 0.717) is 11.1 Å². The molecule has 11 heteroatoms. The molecule has 1 amide bonds. The number of aliphatic imine (C=N–C) groups is 1. The quantitative estimate of drug-likeness (QED) is 0.456. The largest absolute Gasteiger partial charge is 0.416 e. The third-order valence-corrected chi connectivity index (χ3v) is 4.27. The van der Waals surface area contributed by atoms with Crippen LogP contribution in [0.4, 0.5) is 18.9 Å². The van der Waals surface area contributed by atoms with E-state index in [9.17, 15) is 18.0 Å². The molecule has 0 aliphatic carbocycles. The Hall–Kier alpha value is -4.46. The minimum Gasteiger partial charge on any atom is -0.404 e. The molecule has 2 aromatic heterocycles. The summed E-state index contributed by atoms with van der Waals surface area (Å²) in [5.74, 6) is 4.95. The Morgan fingerprint density at radius 2 is 2.09 bits per heavy atom. The van der Waals surface area contributed by atoms with Crippen LogP contribution in [-0.4, -0.2) is 38.9 Å². The molecule has 0 spiro atoms. The Bertz CT molecular complexity index is 1250. The van der Waals surface area contributed by atoms with Crippen molar-refractivity contribution in [3.63, 3.8) is 0 Å². The third kappa shape index (κ3) is 6.27. The number of carbonyl (C=O) groups is 1. The second-order valence-corrected chi connectivity index (χ2v) is 6.64. The fraction of sp³-hybridized carbons (Fsp3) is 0.136. The van der Waals surface area contributed by atoms with Crippen LogP contribution < -0.4 is 11.1 Å². The maximum Gasteiger partial charge on any atom is 0.416 e. The van der Waals surface area contributed by atoms with E-state index in [1.807, 2.05) is 0 Å². The molecule has 0 aliphatic heterocycles. The number of nitrogens with zero attached hydrogens (tertiary/aromatic N) is 5. The lowest BCUT2D eigenvalue weighted by Gasteiger charge is -2.15. The summed E-state index contributed by atoms with van der Waals surface area (Å²) in [6, 6.07) is 5.02. The minimum absolute atomic E-state index is 0.00989. The second kappa shape index (κ2) is 10.2. The van der Waals surface area contributed by atoms with Crippen molar-refractivity contribution < 1.29 is 18.0 Å². The van der Waals surface area contributed by atoms with Crippen LogP contribution in [0.2, 0.25) is 0 Å². The molecule has 0 saturated heterocycles. The van der Waals surface area contributed by atoms with Crippen molar-refractivity contribution in [1.29, 1.82) is 0 Å². The van der Waals surface area contributed by atoms with Crippen LogP contribution in [0.25, 0.3) is 0 Å². The summed E-state index contributed by atoms with van der Waals surface area (Å²) < 4.78 is 42.1. The van der Waals surface area contributed by atoms with Gasteiger partial charge in [-0.3, -0.25) is 14.8 Å². The molecule has 0 aliphatic rings. The van der Waals surface area contributed by atoms with Crippen molar-refractivity contribution in [2.75, 3.05) is 12.4 Å². The Morgan fingerprint density at radius 1 is 1.27 bits per heavy atom. The van der Waals surface area contributed by atoms with Crippen LogP contribution in [0.15, 0.2) is 66.1 Å². The predicted octanol–water partition coefficient (Wildman–Crippen LogP) is 2.89. The Labute approximate surface area is 187 Å². The summed E-state index contributed by atoms with van der Waals surface area (Å²) in [6.45, 7) is -0.115. The molecule has 0 unspecified atom stereocenters. The molecule has 3 rings (SSSR count). The number of amides is 1. The summed E-state index contributed by atoms with van der Waals surface area (Å²) in [5.41, 5.74) is 5.57. The molecule has 33 heavy (non-hydrogen) atoms. The van der Waals surface area contributed by atoms with Crippen LogP contribution in [-0.2, 0) is 12.7 Å². The van der Waals surface area contributed by atoms with Gasteiger partial charge in [-0.2, -0.15) is 18.3 Å². The average molecular weight is 453 g/mol. The molecule has 0 bridgehead atoms. The summed E-state index contributed by atoms with van der Waals surface area (Å²) in [7, 11) is 1.57. The van der Waals surface area contributed by atoms with Gasteiger partial charge in [0.15, 0.2) is 0 Å². The zero-order valence-corrected chi connectivity index (χ0v) is 17.3. The van der Waals surface area contributed by atoms with Gasteiger partial charge < -0.3 is 11.1 Å². The van der Waals surface area contributed by atoms with Gasteiger partial charge in [0.2, 0.25) is 0 Å². The molecule has 3 N–H and O–H groups in total. The number of rotatable bonds is 5. The van der Waals surface area contributed by atoms with Crippen LogP contribution in [0.5, 0.6) is 0 Å². The van der Waals surface area contributed by atoms with Gasteiger partial charge in [-0.05, 0) is 23.8 Å². The maximum atomic E-state index is 13.6. The molecule has 0 radical (unpaired) electrons. The van der Waals surface area contributed by atoms with E-state index >= 15 is 0 Å². The monoisotopic (exact) mass is 453 g/mol. The first-order valence-corrected chi connectivity index (χ1v) is 9.45. The molecule has 8 nitrogen and oxygen atoms in total. The number of hydrogen-bond acceptors (Lipinski definition) is 6. The fourth-order valence-electron chi connectivity index (χ4n) is 2.78. The molecule has 168 valence electrons. The van der Waals surface area contributed by atoms with Crippen molar-refractivity contribution in [2.24, 2.45) is 10.7 Å². The molecular formula is C22H18F3N7O. The van der Waals surface area contributed by atoms with Crippen LogP contribution >= 0.6 is 0 Å². The van der Waals surface area contributed by atoms with E-state index in [4.69, 9.17) is 5.73 Å². The molecule has 3 aromatic rings. The highest BCUT2D eigenvalue weighted by Crippen LogP contribution is 2.34. The number of pyridine rings is 1. The molecular weight excluding hydrogens is 435 g/mol. The Kier molecular flexibility index (Phi) is 7.20. The maximum absolute atomic E-state index is 13.6. The van der Waals surface area contributed by atoms with Gasteiger partial charge in [-0.15, -0.1) is 0 Å². The van der Waals surface area contributed by atoms with Crippen LogP contribution in [0.1, 0.15) is 27.0 Å². The lowest BCUT2D eigenvalue weighted by Crippen LogP contribution is -2.16. The standard InChI is InChI=1S/C22H18F3N7O/c1-27-9-16(8-26)3-2-15-6-18(11-28-10-15)21(33)31-19-5-4-17(12-32-14-29-13-30-32)20(7-19)22(23,24)25/h4-11,13-14H,12,26H2,1H3,(H,31,33). The van der Waals surface area contributed by atoms with E-state index in [0.717, 1.165) is 6.07 Å². The number of halogens is 3. The topological polar surface area (TPSA) is 111 Å². The van der Waals surface area contributed by atoms with E-state index in [2.05, 4.69) is 37.2 Å². The molecule has 0 fully saturated rings. The number of anilines is 1. The van der Waals surface area contributed by atoms with Crippen LogP contribution in [0.3, 0.4) is 0 Å². The zero-order valence-electron chi connectivity index (χ0n) is 17.3. The SMILES string of the molecule is CN=CC(C#Cc1cncc(C(=O)Nc2ccc(Cn3cncn3)c(C(F)(F)F)c2)c1)=CN. The van der Waals surface area contributed by atoms with Crippen molar-refractivity contribution in [3.05, 3.63) is 83.3 Å². The van der Waals surface area contributed by atoms with Gasteiger partial charge in [-0.25, -0.2) is 9.67 Å². The Morgan fingerprint density at radius 3 is 2.76 bits per heavy atom. The van der Waals surface area contributed by atoms with E-state index in [1.165, 1.54) is 60.3 Å². The average Bonchev–Trinajstić information content (AvgIpc) is 3.30. The summed E-state index contributed by atoms with van der Waals surface area (Å²) in [6.07, 6.45) is 3.43. The highest BCUT2D eigenvalue weighted by atomic mass is 19.4. The van der Waals surface area contributed by atoms with Crippen LogP contribution in [0, 0.1) is 11.8 Å². The molecule has 0 saturated carbocycles. The van der Waals surface area contributed by atoms with Crippen molar-refractivity contribution in [3.8, 4) is 11.8 Å². The first kappa shape index (κ1) is 23.2. The number of carbonyl (C=O) groups excluding carboxylic acids is 1. The highest BCUT2D eigenvalue weighted by Gasteiger charge is 2.33. The van der Waals surface area contributed by atoms with Crippen molar-refractivity contribution in [1.82, 2.24) is 19.7 Å². The predicted molar refractivity (Wildman–Crippen MR) is 116 cm³/mol. The molecule has 2 heterocycles. The number of nitrogens with two attached hydrogens (primary N) is 1. The van der Waals surface area contributed by atoms with E-state index in [1.54, 1.807) is 7.05 Å². The summed E-state index contributed by atoms with van der Waals surface area (Å²) in [5, 5.41) is 6.29. The summed E-state index contributed by atoms with van der Waals surface area (Å²) in [4.78, 5) is 24.1. The fourth-order valence-corrected chi connectivity index (χ4v) is 2.78. The van der Waals surface area contributed by atoms with Gasteiger partial charge in [-0.1, -0.05) is 17.9 Å². The number of hydrogen-bond donors (Lipinski definition) is 2. The minimum atomic E-state index is -4.62. The third-order valence-electron chi connectivity index (χ3n) is 4.27. The lowest BCUT2D eigenvalue weighted by molar-refractivity contribution is -0.138. The van der Waals surface area contributed by atoms with E-state index in [-0.39, 0.29) is 23.4 Å². The van der Waals surface area contributed by atoms with Gasteiger partial charge in [0.05, 0.1) is 23.2 Å². The zero-order chi connectivity index (χ0) is 23.8. The number of nitrogens with one attached hydrogen (secondary N) is 1. The number of benzene rings is 1. The first-order valence-electron chi connectivity index (χ1n) is 9.45. The molecule has 1 aromatic carbocycles. The second-order valence-electron chi connectivity index (χ2n) is 6.64. The highest BCUT2D eigenvalue weighted by molar-refractivity contribution is 6.04. The number of alkyl halides is 3. The van der Waals surface area contributed by atoms with Crippen molar-refractivity contribution in [2.45, 2.75) is 12.7 Å². The first-order chi connectivity index (χ1) is 15.8. The Balaban J connectivity index is 1.82. The number of allylic oxidation sites excluding steroid dienone is 1. The smallest absolute Gasteiger partial charge is 0.404 e. The van der Waals surface area contributed by atoms with Gasteiger partial charge in [0, 0.05) is 43.1 Å². The van der Waals surface area contributed by atoms with Crippen molar-refractivity contribution >= 4 is 17.8 Å². The summed E-state index contributed by atoms with van der Waals surface area (Å²) >= 11 is 0. The normalized spacial score (nSPS) is 11.8. The van der Waals surface area contributed by atoms with Gasteiger partial charge >= 0.3 is 6.18 Å². The molecule has 0 atom stereocenters. The lowest BCUT2D eigenvalue weighted by atomic mass is 10.1. The van der Waals surface area contributed by atoms with Gasteiger partial charge in [0.25, 0.3) is 5.91 Å². The van der Waals surface area contributed by atoms with Gasteiger partial charge in [0.1, 0.15) is 12.7 Å².